The Hall–Kier alpha value is -1.72. The molecule has 2 fully saturated rings. The summed E-state index contributed by atoms with van der Waals surface area (Å²) in [6, 6.07) is 6.21. The van der Waals surface area contributed by atoms with E-state index in [2.05, 4.69) is 0 Å². The molecule has 0 aliphatic carbocycles. The summed E-state index contributed by atoms with van der Waals surface area (Å²) in [4.78, 5) is 14.0. The Kier molecular flexibility index (Phi) is 5.41. The molecular formula is C18H22FNO3. The Morgan fingerprint density at radius 1 is 1.26 bits per heavy atom. The lowest BCUT2D eigenvalue weighted by atomic mass is 10.1. The van der Waals surface area contributed by atoms with Crippen molar-refractivity contribution < 1.29 is 18.7 Å². The van der Waals surface area contributed by atoms with Gasteiger partial charge in [0.1, 0.15) is 5.82 Å². The molecule has 1 aromatic rings. The second-order valence-corrected chi connectivity index (χ2v) is 6.03. The summed E-state index contributed by atoms with van der Waals surface area (Å²) in [6.45, 7) is 2.87. The van der Waals surface area contributed by atoms with Gasteiger partial charge in [-0.3, -0.25) is 4.79 Å². The van der Waals surface area contributed by atoms with Gasteiger partial charge in [-0.05, 0) is 43.0 Å². The minimum atomic E-state index is -0.298. The van der Waals surface area contributed by atoms with Crippen LogP contribution in [0, 0.1) is 5.82 Å². The number of carbonyl (C=O) groups excluding carboxylic acids is 1. The van der Waals surface area contributed by atoms with E-state index < -0.39 is 0 Å². The van der Waals surface area contributed by atoms with Gasteiger partial charge < -0.3 is 14.4 Å². The molecule has 1 aromatic carbocycles. The van der Waals surface area contributed by atoms with Gasteiger partial charge in [-0.15, -0.1) is 0 Å². The molecule has 0 aromatic heterocycles. The highest BCUT2D eigenvalue weighted by atomic mass is 19.1. The highest BCUT2D eigenvalue weighted by Crippen LogP contribution is 2.19. The summed E-state index contributed by atoms with van der Waals surface area (Å²) in [6.07, 6.45) is 6.29. The van der Waals surface area contributed by atoms with E-state index >= 15 is 0 Å². The second-order valence-electron chi connectivity index (χ2n) is 6.03. The number of benzene rings is 1. The van der Waals surface area contributed by atoms with E-state index in [0.29, 0.717) is 25.3 Å². The van der Waals surface area contributed by atoms with Crippen molar-refractivity contribution in [1.29, 1.82) is 0 Å². The molecule has 0 spiro atoms. The van der Waals surface area contributed by atoms with Gasteiger partial charge in [0.15, 0.2) is 0 Å². The fourth-order valence-corrected chi connectivity index (χ4v) is 2.99. The molecular weight excluding hydrogens is 297 g/mol. The highest BCUT2D eigenvalue weighted by molar-refractivity contribution is 5.91. The zero-order valence-corrected chi connectivity index (χ0v) is 13.1. The minimum absolute atomic E-state index is 0.0306. The van der Waals surface area contributed by atoms with Crippen molar-refractivity contribution in [3.8, 4) is 0 Å². The van der Waals surface area contributed by atoms with Crippen molar-refractivity contribution in [2.24, 2.45) is 0 Å². The summed E-state index contributed by atoms with van der Waals surface area (Å²) in [5.74, 6) is -0.328. The molecule has 3 rings (SSSR count). The maximum absolute atomic E-state index is 13.1. The Morgan fingerprint density at radius 3 is 2.78 bits per heavy atom. The van der Waals surface area contributed by atoms with Crippen molar-refractivity contribution >= 4 is 12.0 Å². The highest BCUT2D eigenvalue weighted by Gasteiger charge is 2.26. The van der Waals surface area contributed by atoms with Crippen LogP contribution < -0.4 is 0 Å². The summed E-state index contributed by atoms with van der Waals surface area (Å²) < 4.78 is 24.4. The van der Waals surface area contributed by atoms with Crippen molar-refractivity contribution in [3.05, 3.63) is 41.7 Å². The van der Waals surface area contributed by atoms with Crippen molar-refractivity contribution in [3.63, 3.8) is 0 Å². The fraction of sp³-hybridized carbons (Fsp3) is 0.500. The Labute approximate surface area is 135 Å². The predicted molar refractivity (Wildman–Crippen MR) is 85.3 cm³/mol. The van der Waals surface area contributed by atoms with Crippen molar-refractivity contribution in [2.45, 2.75) is 31.5 Å². The maximum atomic E-state index is 13.1. The second kappa shape index (κ2) is 7.70. The van der Waals surface area contributed by atoms with Gasteiger partial charge in [-0.2, -0.15) is 0 Å². The molecule has 0 radical (unpaired) electrons. The summed E-state index contributed by atoms with van der Waals surface area (Å²) in [5.41, 5.74) is 0.692. The number of ether oxygens (including phenoxy) is 2. The van der Waals surface area contributed by atoms with Crippen LogP contribution in [0.25, 0.3) is 6.08 Å². The van der Waals surface area contributed by atoms with Gasteiger partial charge in [-0.1, -0.05) is 12.1 Å². The van der Waals surface area contributed by atoms with E-state index in [-0.39, 0.29) is 23.9 Å². The van der Waals surface area contributed by atoms with Crippen LogP contribution in [0.1, 0.15) is 24.8 Å². The lowest BCUT2D eigenvalue weighted by Gasteiger charge is -2.32. The number of hydrogen-bond acceptors (Lipinski definition) is 3. The Bertz CT molecular complexity index is 561. The molecule has 1 atom stereocenters. The SMILES string of the molecule is O=C(/C=C/c1cccc(F)c1)N1CCC(O[C@@H]2CCOC2)CC1. The lowest BCUT2D eigenvalue weighted by molar-refractivity contribution is -0.129. The van der Waals surface area contributed by atoms with E-state index in [1.165, 1.54) is 18.2 Å². The Balaban J connectivity index is 1.46. The van der Waals surface area contributed by atoms with E-state index in [0.717, 1.165) is 25.9 Å². The van der Waals surface area contributed by atoms with Crippen LogP contribution in [-0.2, 0) is 14.3 Å². The van der Waals surface area contributed by atoms with Crippen LogP contribution >= 0.6 is 0 Å². The number of hydrogen-bond donors (Lipinski definition) is 0. The standard InChI is InChI=1S/C18H22FNO3/c19-15-3-1-2-14(12-15)4-5-18(21)20-9-6-16(7-10-20)23-17-8-11-22-13-17/h1-5,12,16-17H,6-11,13H2/b5-4+/t17-/m1/s1. The van der Waals surface area contributed by atoms with Crippen molar-refractivity contribution in [2.75, 3.05) is 26.3 Å². The predicted octanol–water partition coefficient (Wildman–Crippen LogP) is 2.64. The summed E-state index contributed by atoms with van der Waals surface area (Å²) >= 11 is 0. The number of carbonyl (C=O) groups is 1. The van der Waals surface area contributed by atoms with E-state index in [4.69, 9.17) is 9.47 Å². The molecule has 4 nitrogen and oxygen atoms in total. The van der Waals surface area contributed by atoms with Crippen LogP contribution in [0.4, 0.5) is 4.39 Å². The van der Waals surface area contributed by atoms with Crippen LogP contribution in [0.3, 0.4) is 0 Å². The normalized spacial score (nSPS) is 22.8. The third-order valence-electron chi connectivity index (χ3n) is 4.29. The van der Waals surface area contributed by atoms with Gasteiger partial charge in [0.05, 0.1) is 18.8 Å². The first-order valence-corrected chi connectivity index (χ1v) is 8.16. The first kappa shape index (κ1) is 16.1. The number of halogens is 1. The van der Waals surface area contributed by atoms with Gasteiger partial charge in [-0.25, -0.2) is 4.39 Å². The van der Waals surface area contributed by atoms with Crippen LogP contribution in [0.5, 0.6) is 0 Å². The molecule has 5 heteroatoms. The zero-order valence-electron chi connectivity index (χ0n) is 13.1. The van der Waals surface area contributed by atoms with Gasteiger partial charge in [0.2, 0.25) is 5.91 Å². The zero-order chi connectivity index (χ0) is 16.1. The first-order chi connectivity index (χ1) is 11.2. The molecule has 23 heavy (non-hydrogen) atoms. The number of amides is 1. The average molecular weight is 319 g/mol. The molecule has 0 unspecified atom stereocenters. The van der Waals surface area contributed by atoms with E-state index in [1.807, 2.05) is 4.90 Å². The van der Waals surface area contributed by atoms with Gasteiger partial charge in [0.25, 0.3) is 0 Å². The number of likely N-dealkylation sites (tertiary alicyclic amines) is 1. The molecule has 1 amide bonds. The molecule has 2 saturated heterocycles. The third kappa shape index (κ3) is 4.62. The number of nitrogens with zero attached hydrogens (tertiary/aromatic N) is 1. The van der Waals surface area contributed by atoms with Crippen molar-refractivity contribution in [1.82, 2.24) is 4.90 Å². The molecule has 2 heterocycles. The van der Waals surface area contributed by atoms with Gasteiger partial charge in [0, 0.05) is 25.8 Å². The lowest BCUT2D eigenvalue weighted by Crippen LogP contribution is -2.41. The largest absolute Gasteiger partial charge is 0.379 e. The summed E-state index contributed by atoms with van der Waals surface area (Å²) in [7, 11) is 0. The minimum Gasteiger partial charge on any atom is -0.379 e. The average Bonchev–Trinajstić information content (AvgIpc) is 3.06. The maximum Gasteiger partial charge on any atom is 0.246 e. The molecule has 124 valence electrons. The molecule has 0 N–H and O–H groups in total. The topological polar surface area (TPSA) is 38.8 Å². The smallest absolute Gasteiger partial charge is 0.246 e. The number of rotatable bonds is 4. The molecule has 2 aliphatic heterocycles. The molecule has 0 saturated carbocycles. The summed E-state index contributed by atoms with van der Waals surface area (Å²) in [5, 5.41) is 0. The monoisotopic (exact) mass is 319 g/mol. The molecule has 2 aliphatic rings. The Morgan fingerprint density at radius 2 is 2.09 bits per heavy atom. The van der Waals surface area contributed by atoms with Crippen LogP contribution in [0.15, 0.2) is 30.3 Å². The van der Waals surface area contributed by atoms with Crippen LogP contribution in [-0.4, -0.2) is 49.3 Å². The first-order valence-electron chi connectivity index (χ1n) is 8.16. The quantitative estimate of drug-likeness (QED) is 0.801. The third-order valence-corrected chi connectivity index (χ3v) is 4.29. The van der Waals surface area contributed by atoms with Crippen LogP contribution in [0.2, 0.25) is 0 Å². The van der Waals surface area contributed by atoms with E-state index in [9.17, 15) is 9.18 Å². The molecule has 0 bridgehead atoms. The van der Waals surface area contributed by atoms with E-state index in [1.54, 1.807) is 18.2 Å². The van der Waals surface area contributed by atoms with Gasteiger partial charge >= 0.3 is 0 Å². The number of piperidine rings is 1. The fourth-order valence-electron chi connectivity index (χ4n) is 2.99.